The third-order valence-electron chi connectivity index (χ3n) is 3.11. The quantitative estimate of drug-likeness (QED) is 0.788. The van der Waals surface area contributed by atoms with Crippen molar-refractivity contribution in [2.24, 2.45) is 5.41 Å². The number of thiophene rings is 1. The Balaban J connectivity index is 2.52. The van der Waals surface area contributed by atoms with Crippen molar-refractivity contribution in [1.29, 1.82) is 0 Å². The second-order valence-corrected chi connectivity index (χ2v) is 6.04. The molecule has 1 rings (SSSR count). The standard InChI is InChI=1S/C14H19NO3S/c1-4-14(3,13(17)18)9-15-12(16)8-7-11-6-5-10(2)19-11/h5-8H,4,9H2,1-3H3,(H,15,16)(H,17,18)/b8-7+. The zero-order valence-electron chi connectivity index (χ0n) is 11.4. The Labute approximate surface area is 117 Å². The molecule has 0 aliphatic rings. The van der Waals surface area contributed by atoms with E-state index in [0.29, 0.717) is 6.42 Å². The van der Waals surface area contributed by atoms with Gasteiger partial charge in [0.2, 0.25) is 5.91 Å². The van der Waals surface area contributed by atoms with Crippen molar-refractivity contribution in [3.8, 4) is 0 Å². The van der Waals surface area contributed by atoms with Crippen LogP contribution < -0.4 is 5.32 Å². The number of hydrogen-bond donors (Lipinski definition) is 2. The van der Waals surface area contributed by atoms with Gasteiger partial charge in [0.05, 0.1) is 5.41 Å². The van der Waals surface area contributed by atoms with E-state index >= 15 is 0 Å². The first-order valence-electron chi connectivity index (χ1n) is 6.13. The van der Waals surface area contributed by atoms with Gasteiger partial charge in [-0.3, -0.25) is 9.59 Å². The summed E-state index contributed by atoms with van der Waals surface area (Å²) in [6.45, 7) is 5.56. The zero-order chi connectivity index (χ0) is 14.5. The van der Waals surface area contributed by atoms with Crippen molar-refractivity contribution in [2.45, 2.75) is 27.2 Å². The maximum Gasteiger partial charge on any atom is 0.311 e. The summed E-state index contributed by atoms with van der Waals surface area (Å²) < 4.78 is 0. The molecule has 19 heavy (non-hydrogen) atoms. The van der Waals surface area contributed by atoms with Gasteiger partial charge in [0.25, 0.3) is 0 Å². The van der Waals surface area contributed by atoms with E-state index in [0.717, 1.165) is 4.88 Å². The Kier molecular flexibility index (Phi) is 5.30. The van der Waals surface area contributed by atoms with E-state index in [1.807, 2.05) is 19.1 Å². The van der Waals surface area contributed by atoms with Crippen LogP contribution in [0.5, 0.6) is 0 Å². The van der Waals surface area contributed by atoms with E-state index in [4.69, 9.17) is 5.11 Å². The average molecular weight is 281 g/mol. The van der Waals surface area contributed by atoms with Crippen LogP contribution in [0.25, 0.3) is 6.08 Å². The van der Waals surface area contributed by atoms with Gasteiger partial charge >= 0.3 is 5.97 Å². The van der Waals surface area contributed by atoms with Gasteiger partial charge in [-0.15, -0.1) is 11.3 Å². The van der Waals surface area contributed by atoms with E-state index in [-0.39, 0.29) is 12.5 Å². The number of aliphatic carboxylic acids is 1. The lowest BCUT2D eigenvalue weighted by atomic mass is 9.88. The number of nitrogens with one attached hydrogen (secondary N) is 1. The number of hydrogen-bond acceptors (Lipinski definition) is 3. The zero-order valence-corrected chi connectivity index (χ0v) is 12.2. The molecule has 0 saturated carbocycles. The highest BCUT2D eigenvalue weighted by atomic mass is 32.1. The molecule has 5 heteroatoms. The van der Waals surface area contributed by atoms with Crippen LogP contribution in [0.4, 0.5) is 0 Å². The fourth-order valence-corrected chi connectivity index (χ4v) is 2.17. The van der Waals surface area contributed by atoms with Crippen LogP contribution in [0, 0.1) is 12.3 Å². The molecule has 4 nitrogen and oxygen atoms in total. The highest BCUT2D eigenvalue weighted by Crippen LogP contribution is 2.20. The summed E-state index contributed by atoms with van der Waals surface area (Å²) in [4.78, 5) is 24.9. The Morgan fingerprint density at radius 1 is 1.47 bits per heavy atom. The maximum atomic E-state index is 11.6. The molecule has 0 bridgehead atoms. The Morgan fingerprint density at radius 2 is 2.16 bits per heavy atom. The van der Waals surface area contributed by atoms with Crippen molar-refractivity contribution in [3.05, 3.63) is 28.0 Å². The summed E-state index contributed by atoms with van der Waals surface area (Å²) in [7, 11) is 0. The van der Waals surface area contributed by atoms with E-state index < -0.39 is 11.4 Å². The van der Waals surface area contributed by atoms with Crippen LogP contribution in [0.1, 0.15) is 30.0 Å². The largest absolute Gasteiger partial charge is 0.481 e. The molecule has 1 amide bonds. The lowest BCUT2D eigenvalue weighted by Crippen LogP contribution is -2.40. The van der Waals surface area contributed by atoms with Crippen LogP contribution in [0.2, 0.25) is 0 Å². The van der Waals surface area contributed by atoms with Crippen molar-refractivity contribution in [2.75, 3.05) is 6.54 Å². The molecular weight excluding hydrogens is 262 g/mol. The van der Waals surface area contributed by atoms with E-state index in [1.54, 1.807) is 31.3 Å². The molecule has 1 heterocycles. The average Bonchev–Trinajstić information content (AvgIpc) is 2.79. The molecule has 0 fully saturated rings. The number of rotatable bonds is 6. The third kappa shape index (κ3) is 4.52. The van der Waals surface area contributed by atoms with Gasteiger partial charge in [-0.2, -0.15) is 0 Å². The molecule has 104 valence electrons. The number of amides is 1. The third-order valence-corrected chi connectivity index (χ3v) is 4.08. The minimum atomic E-state index is -0.914. The van der Waals surface area contributed by atoms with Crippen LogP contribution in [-0.4, -0.2) is 23.5 Å². The molecule has 0 spiro atoms. The summed E-state index contributed by atoms with van der Waals surface area (Å²) in [5.74, 6) is -1.17. The molecule has 0 aliphatic heterocycles. The van der Waals surface area contributed by atoms with Crippen molar-refractivity contribution < 1.29 is 14.7 Å². The van der Waals surface area contributed by atoms with E-state index in [2.05, 4.69) is 5.32 Å². The van der Waals surface area contributed by atoms with Crippen molar-refractivity contribution in [1.82, 2.24) is 5.32 Å². The van der Waals surface area contributed by atoms with Crippen LogP contribution >= 0.6 is 11.3 Å². The molecule has 1 aromatic rings. The molecular formula is C14H19NO3S. The lowest BCUT2D eigenvalue weighted by Gasteiger charge is -2.22. The number of carboxylic acid groups (broad SMARTS) is 1. The predicted molar refractivity (Wildman–Crippen MR) is 77.1 cm³/mol. The lowest BCUT2D eigenvalue weighted by molar-refractivity contribution is -0.148. The van der Waals surface area contributed by atoms with Gasteiger partial charge in [-0.1, -0.05) is 6.92 Å². The molecule has 2 N–H and O–H groups in total. The molecule has 0 radical (unpaired) electrons. The van der Waals surface area contributed by atoms with Crippen LogP contribution in [-0.2, 0) is 9.59 Å². The number of carbonyl (C=O) groups excluding carboxylic acids is 1. The van der Waals surface area contributed by atoms with Crippen LogP contribution in [0.3, 0.4) is 0 Å². The first-order valence-corrected chi connectivity index (χ1v) is 6.95. The first kappa shape index (κ1) is 15.4. The highest BCUT2D eigenvalue weighted by molar-refractivity contribution is 7.12. The van der Waals surface area contributed by atoms with Crippen LogP contribution in [0.15, 0.2) is 18.2 Å². The molecule has 1 unspecified atom stereocenters. The molecule has 1 aromatic heterocycles. The smallest absolute Gasteiger partial charge is 0.311 e. The fourth-order valence-electron chi connectivity index (χ4n) is 1.39. The summed E-state index contributed by atoms with van der Waals surface area (Å²) in [5.41, 5.74) is -0.914. The SMILES string of the molecule is CCC(C)(CNC(=O)/C=C/c1ccc(C)s1)C(=O)O. The topological polar surface area (TPSA) is 66.4 Å². The normalized spacial score (nSPS) is 14.3. The van der Waals surface area contributed by atoms with E-state index in [9.17, 15) is 9.59 Å². The van der Waals surface area contributed by atoms with Gasteiger partial charge < -0.3 is 10.4 Å². The summed E-state index contributed by atoms with van der Waals surface area (Å²) in [5, 5.41) is 11.7. The number of carbonyl (C=O) groups is 2. The highest BCUT2D eigenvalue weighted by Gasteiger charge is 2.31. The summed E-state index contributed by atoms with van der Waals surface area (Å²) in [6.07, 6.45) is 3.64. The van der Waals surface area contributed by atoms with Gasteiger partial charge in [0.15, 0.2) is 0 Å². The molecule has 0 saturated heterocycles. The predicted octanol–water partition coefficient (Wildman–Crippen LogP) is 2.69. The van der Waals surface area contributed by atoms with Gasteiger partial charge in [-0.25, -0.2) is 0 Å². The van der Waals surface area contributed by atoms with Gasteiger partial charge in [-0.05, 0) is 38.5 Å². The number of aryl methyl sites for hydroxylation is 1. The molecule has 0 aromatic carbocycles. The first-order chi connectivity index (χ1) is 8.87. The fraction of sp³-hybridized carbons (Fsp3) is 0.429. The van der Waals surface area contributed by atoms with Gasteiger partial charge in [0, 0.05) is 22.4 Å². The minimum absolute atomic E-state index is 0.130. The van der Waals surface area contributed by atoms with Gasteiger partial charge in [0.1, 0.15) is 0 Å². The monoisotopic (exact) mass is 281 g/mol. The van der Waals surface area contributed by atoms with Crippen molar-refractivity contribution in [3.63, 3.8) is 0 Å². The second-order valence-electron chi connectivity index (χ2n) is 4.72. The Hall–Kier alpha value is -1.62. The number of carboxylic acids is 1. The van der Waals surface area contributed by atoms with E-state index in [1.165, 1.54) is 11.0 Å². The second kappa shape index (κ2) is 6.52. The maximum absolute atomic E-state index is 11.6. The summed E-state index contributed by atoms with van der Waals surface area (Å²) >= 11 is 1.60. The Bertz CT molecular complexity index is 493. The van der Waals surface area contributed by atoms with Crippen molar-refractivity contribution >= 4 is 29.3 Å². The molecule has 1 atom stereocenters. The molecule has 0 aliphatic carbocycles. The Morgan fingerprint density at radius 3 is 2.63 bits per heavy atom. The summed E-state index contributed by atoms with van der Waals surface area (Å²) in [6, 6.07) is 3.93. The minimum Gasteiger partial charge on any atom is -0.481 e.